The van der Waals surface area contributed by atoms with Crippen molar-refractivity contribution >= 4 is 23.4 Å². The Morgan fingerprint density at radius 2 is 2.20 bits per heavy atom. The predicted octanol–water partition coefficient (Wildman–Crippen LogP) is 2.37. The number of ether oxygens (including phenoxy) is 1. The summed E-state index contributed by atoms with van der Waals surface area (Å²) < 4.78 is 5.16. The summed E-state index contributed by atoms with van der Waals surface area (Å²) in [4.78, 5) is 4.82. The van der Waals surface area contributed by atoms with Gasteiger partial charge in [-0.2, -0.15) is 0 Å². The average molecular weight is 297 g/mol. The average Bonchev–Trinajstić information content (AvgIpc) is 3.17. The highest BCUT2D eigenvalue weighted by Gasteiger charge is 2.36. The Bertz CT molecular complexity index is 547. The Kier molecular flexibility index (Phi) is 4.57. The van der Waals surface area contributed by atoms with Crippen LogP contribution in [0.25, 0.3) is 5.57 Å². The van der Waals surface area contributed by atoms with Crippen molar-refractivity contribution in [2.24, 2.45) is 5.92 Å². The van der Waals surface area contributed by atoms with Gasteiger partial charge in [0.15, 0.2) is 5.15 Å². The van der Waals surface area contributed by atoms with Crippen LogP contribution in [-0.2, 0) is 9.57 Å². The molecular weight excluding hydrogens is 280 g/mol. The molecule has 7 heteroatoms. The number of rotatable bonds is 6. The number of halogens is 1. The van der Waals surface area contributed by atoms with Crippen LogP contribution in [0.4, 0.5) is 0 Å². The highest BCUT2D eigenvalue weighted by molar-refractivity contribution is 6.30. The van der Waals surface area contributed by atoms with Crippen molar-refractivity contribution in [1.29, 1.82) is 5.41 Å². The molecule has 1 fully saturated rings. The van der Waals surface area contributed by atoms with E-state index < -0.39 is 0 Å². The fourth-order valence-electron chi connectivity index (χ4n) is 2.09. The van der Waals surface area contributed by atoms with Crippen molar-refractivity contribution in [3.63, 3.8) is 0 Å². The topological polar surface area (TPSA) is 80.1 Å². The predicted molar refractivity (Wildman–Crippen MR) is 76.4 cm³/mol. The van der Waals surface area contributed by atoms with Crippen LogP contribution < -0.4 is 5.48 Å². The Balaban J connectivity index is 2.42. The third-order valence-corrected chi connectivity index (χ3v) is 3.64. The lowest BCUT2D eigenvalue weighted by Gasteiger charge is -2.11. The summed E-state index contributed by atoms with van der Waals surface area (Å²) in [6, 6.07) is 1.86. The van der Waals surface area contributed by atoms with Crippen molar-refractivity contribution in [1.82, 2.24) is 15.7 Å². The fourth-order valence-corrected chi connectivity index (χ4v) is 2.33. The fraction of sp³-hybridized carbons (Fsp3) is 0.462. The van der Waals surface area contributed by atoms with Crippen molar-refractivity contribution in [3.8, 4) is 0 Å². The molecule has 1 aliphatic carbocycles. The van der Waals surface area contributed by atoms with E-state index in [2.05, 4.69) is 22.6 Å². The molecule has 1 saturated carbocycles. The largest absolute Gasteiger partial charge is 0.481 e. The van der Waals surface area contributed by atoms with Gasteiger partial charge in [0.25, 0.3) is 0 Å². The van der Waals surface area contributed by atoms with Gasteiger partial charge in [0.1, 0.15) is 5.69 Å². The molecule has 2 atom stereocenters. The van der Waals surface area contributed by atoms with Crippen molar-refractivity contribution in [3.05, 3.63) is 28.4 Å². The first kappa shape index (κ1) is 14.7. The van der Waals surface area contributed by atoms with Gasteiger partial charge in [0.2, 0.25) is 5.88 Å². The molecule has 1 unspecified atom stereocenters. The summed E-state index contributed by atoms with van der Waals surface area (Å²) in [7, 11) is 2.95. The molecule has 2 rings (SSSR count). The number of hydrogen-bond donors (Lipinski definition) is 2. The maximum atomic E-state index is 7.54. The van der Waals surface area contributed by atoms with Crippen molar-refractivity contribution < 1.29 is 9.57 Å². The van der Waals surface area contributed by atoms with E-state index in [0.717, 1.165) is 18.2 Å². The molecule has 0 bridgehead atoms. The number of allylic oxidation sites excluding steroid dienone is 1. The van der Waals surface area contributed by atoms with E-state index >= 15 is 0 Å². The first-order chi connectivity index (χ1) is 9.62. The molecule has 20 heavy (non-hydrogen) atoms. The summed E-state index contributed by atoms with van der Waals surface area (Å²) in [6.45, 7) is 2.17. The van der Waals surface area contributed by atoms with Gasteiger partial charge in [-0.1, -0.05) is 18.5 Å². The molecule has 108 valence electrons. The minimum absolute atomic E-state index is 0.300. The highest BCUT2D eigenvalue weighted by atomic mass is 35.5. The van der Waals surface area contributed by atoms with Gasteiger partial charge in [0, 0.05) is 6.21 Å². The molecule has 1 aromatic rings. The van der Waals surface area contributed by atoms with E-state index in [0.29, 0.717) is 34.1 Å². The summed E-state index contributed by atoms with van der Waals surface area (Å²) in [5.41, 5.74) is 4.52. The third-order valence-electron chi connectivity index (χ3n) is 3.35. The minimum atomic E-state index is 0.300. The molecule has 0 radical (unpaired) electrons. The van der Waals surface area contributed by atoms with E-state index in [1.165, 1.54) is 14.2 Å². The third kappa shape index (κ3) is 2.91. The first-order valence-corrected chi connectivity index (χ1v) is 6.61. The first-order valence-electron chi connectivity index (χ1n) is 6.23. The van der Waals surface area contributed by atoms with E-state index in [9.17, 15) is 0 Å². The Hall–Kier alpha value is -1.66. The molecule has 6 nitrogen and oxygen atoms in total. The van der Waals surface area contributed by atoms with Crippen molar-refractivity contribution in [2.75, 3.05) is 14.2 Å². The van der Waals surface area contributed by atoms with Gasteiger partial charge < -0.3 is 10.1 Å². The van der Waals surface area contributed by atoms with Crippen molar-refractivity contribution in [2.45, 2.75) is 19.3 Å². The molecule has 0 aliphatic heterocycles. The number of methoxy groups -OCH3 is 1. The standard InChI is InChI=1S/C13H17ClN4O2/c1-7-4-8(7)9-5-11(16-17-12(9)14)10(6-15)13(19-2)18-20-3/h5-8,15,18H,4H2,1-3H3/b13-10-,15-6?/t7-,8?/m0/s1. The van der Waals surface area contributed by atoms with Crippen LogP contribution in [0.5, 0.6) is 0 Å². The van der Waals surface area contributed by atoms with Gasteiger partial charge >= 0.3 is 0 Å². The molecule has 1 aromatic heterocycles. The minimum Gasteiger partial charge on any atom is -0.481 e. The van der Waals surface area contributed by atoms with Crippen LogP contribution in [0.3, 0.4) is 0 Å². The lowest BCUT2D eigenvalue weighted by molar-refractivity contribution is 0.0654. The van der Waals surface area contributed by atoms with Crippen LogP contribution in [-0.4, -0.2) is 30.6 Å². The molecule has 0 amide bonds. The molecule has 1 aliphatic rings. The molecule has 1 heterocycles. The van der Waals surface area contributed by atoms with Gasteiger partial charge in [-0.15, -0.1) is 10.2 Å². The SMILES string of the molecule is CON/C(OC)=C(\C=N)c1cc(C2C[C@@H]2C)c(Cl)nn1. The molecule has 0 spiro atoms. The quantitative estimate of drug-likeness (QED) is 0.478. The number of aromatic nitrogens is 2. The lowest BCUT2D eigenvalue weighted by Crippen LogP contribution is -2.16. The smallest absolute Gasteiger partial charge is 0.222 e. The van der Waals surface area contributed by atoms with Crippen LogP contribution in [0.15, 0.2) is 11.9 Å². The maximum Gasteiger partial charge on any atom is 0.222 e. The number of nitrogens with zero attached hydrogens (tertiary/aromatic N) is 2. The van der Waals surface area contributed by atoms with Gasteiger partial charge in [-0.05, 0) is 29.9 Å². The van der Waals surface area contributed by atoms with Crippen LogP contribution in [0, 0.1) is 11.3 Å². The number of hydroxylamine groups is 1. The Morgan fingerprint density at radius 3 is 2.70 bits per heavy atom. The zero-order valence-corrected chi connectivity index (χ0v) is 12.4. The van der Waals surface area contributed by atoms with E-state index in [-0.39, 0.29) is 0 Å². The number of hydrogen-bond acceptors (Lipinski definition) is 6. The zero-order chi connectivity index (χ0) is 14.7. The Morgan fingerprint density at radius 1 is 1.50 bits per heavy atom. The maximum absolute atomic E-state index is 7.54. The van der Waals surface area contributed by atoms with Gasteiger partial charge in [-0.25, -0.2) is 5.48 Å². The Labute approximate surface area is 122 Å². The number of nitrogens with one attached hydrogen (secondary N) is 2. The summed E-state index contributed by atoms with van der Waals surface area (Å²) >= 11 is 6.10. The lowest BCUT2D eigenvalue weighted by atomic mass is 10.1. The van der Waals surface area contributed by atoms with E-state index in [4.69, 9.17) is 26.6 Å². The highest BCUT2D eigenvalue weighted by Crippen LogP contribution is 2.48. The van der Waals surface area contributed by atoms with Crippen LogP contribution in [0.1, 0.15) is 30.5 Å². The second kappa shape index (κ2) is 6.19. The monoisotopic (exact) mass is 296 g/mol. The zero-order valence-electron chi connectivity index (χ0n) is 11.6. The molecule has 2 N–H and O–H groups in total. The van der Waals surface area contributed by atoms with E-state index in [1.807, 2.05) is 6.07 Å². The van der Waals surface area contributed by atoms with Gasteiger partial charge in [0.05, 0.1) is 19.8 Å². The second-order valence-corrected chi connectivity index (χ2v) is 5.05. The van der Waals surface area contributed by atoms with Gasteiger partial charge in [-0.3, -0.25) is 4.84 Å². The molecule has 0 aromatic carbocycles. The summed E-state index contributed by atoms with van der Waals surface area (Å²) in [6.07, 6.45) is 2.24. The van der Waals surface area contributed by atoms with Crippen LogP contribution in [0.2, 0.25) is 5.15 Å². The summed E-state index contributed by atoms with van der Waals surface area (Å²) in [5, 5.41) is 16.0. The van der Waals surface area contributed by atoms with E-state index in [1.54, 1.807) is 0 Å². The normalized spacial score (nSPS) is 22.0. The van der Waals surface area contributed by atoms with Crippen LogP contribution >= 0.6 is 11.6 Å². The molecular formula is C13H17ClN4O2. The molecule has 0 saturated heterocycles. The summed E-state index contributed by atoms with van der Waals surface area (Å²) in [5.74, 6) is 1.33. The second-order valence-electron chi connectivity index (χ2n) is 4.69.